The maximum absolute atomic E-state index is 4.45. The van der Waals surface area contributed by atoms with Gasteiger partial charge in [-0.15, -0.1) is 0 Å². The van der Waals surface area contributed by atoms with Crippen molar-refractivity contribution in [2.45, 2.75) is 25.3 Å². The summed E-state index contributed by atoms with van der Waals surface area (Å²) in [6.07, 6.45) is 11.8. The second kappa shape index (κ2) is 3.65. The molecule has 0 aromatic heterocycles. The largest absolute Gasteiger partial charge is 0.297 e. The topological polar surface area (TPSA) is 24.7 Å². The van der Waals surface area contributed by atoms with Crippen molar-refractivity contribution in [1.82, 2.24) is 0 Å². The second-order valence-electron chi connectivity index (χ2n) is 3.39. The Kier molecular flexibility index (Phi) is 2.35. The van der Waals surface area contributed by atoms with E-state index >= 15 is 0 Å². The van der Waals surface area contributed by atoms with E-state index in [4.69, 9.17) is 0 Å². The summed E-state index contributed by atoms with van der Waals surface area (Å²) in [7, 11) is 0. The molecule has 2 heterocycles. The third-order valence-corrected chi connectivity index (χ3v) is 2.49. The van der Waals surface area contributed by atoms with Crippen LogP contribution in [-0.2, 0) is 0 Å². The van der Waals surface area contributed by atoms with Gasteiger partial charge in [0, 0.05) is 24.9 Å². The lowest BCUT2D eigenvalue weighted by Gasteiger charge is -2.22. The van der Waals surface area contributed by atoms with Crippen molar-refractivity contribution in [3.63, 3.8) is 0 Å². The van der Waals surface area contributed by atoms with E-state index in [1.807, 2.05) is 12.3 Å². The molecule has 2 rings (SSSR count). The van der Waals surface area contributed by atoms with Gasteiger partial charge >= 0.3 is 0 Å². The first-order valence-electron chi connectivity index (χ1n) is 4.65. The number of hydrogen-bond donors (Lipinski definition) is 0. The van der Waals surface area contributed by atoms with Crippen LogP contribution in [-0.4, -0.2) is 25.0 Å². The first kappa shape index (κ1) is 7.71. The molecular weight excluding hydrogens is 148 g/mol. The van der Waals surface area contributed by atoms with E-state index in [0.29, 0.717) is 12.0 Å². The molecule has 2 nitrogen and oxygen atoms in total. The van der Waals surface area contributed by atoms with Crippen LogP contribution in [0.3, 0.4) is 0 Å². The highest BCUT2D eigenvalue weighted by molar-refractivity contribution is 5.73. The molecule has 2 aliphatic heterocycles. The van der Waals surface area contributed by atoms with Crippen molar-refractivity contribution in [3.05, 3.63) is 12.2 Å². The van der Waals surface area contributed by atoms with E-state index in [9.17, 15) is 0 Å². The molecule has 2 atom stereocenters. The summed E-state index contributed by atoms with van der Waals surface area (Å²) in [5.74, 6) is 0.597. The molecule has 64 valence electrons. The summed E-state index contributed by atoms with van der Waals surface area (Å²) in [5, 5.41) is 0. The Balaban J connectivity index is 1.99. The van der Waals surface area contributed by atoms with Crippen LogP contribution in [0.25, 0.3) is 0 Å². The first-order chi connectivity index (χ1) is 5.97. The van der Waals surface area contributed by atoms with E-state index in [0.717, 1.165) is 13.0 Å². The summed E-state index contributed by atoms with van der Waals surface area (Å²) in [4.78, 5) is 8.76. The predicted octanol–water partition coefficient (Wildman–Crippen LogP) is 1.87. The first-order valence-corrected chi connectivity index (χ1v) is 4.65. The van der Waals surface area contributed by atoms with Gasteiger partial charge in [0.25, 0.3) is 0 Å². The van der Waals surface area contributed by atoms with E-state index in [1.165, 1.54) is 12.8 Å². The third kappa shape index (κ3) is 1.63. The summed E-state index contributed by atoms with van der Waals surface area (Å²) in [5.41, 5.74) is 0. The van der Waals surface area contributed by atoms with E-state index in [2.05, 4.69) is 22.3 Å². The number of nitrogens with zero attached hydrogens (tertiary/aromatic N) is 2. The maximum atomic E-state index is 4.45. The average molecular weight is 162 g/mol. The van der Waals surface area contributed by atoms with E-state index in [-0.39, 0.29) is 0 Å². The zero-order chi connectivity index (χ0) is 8.23. The number of rotatable bonds is 1. The molecule has 0 bridgehead atoms. The van der Waals surface area contributed by atoms with Crippen LogP contribution >= 0.6 is 0 Å². The van der Waals surface area contributed by atoms with Gasteiger partial charge in [0.15, 0.2) is 0 Å². The van der Waals surface area contributed by atoms with Gasteiger partial charge in [-0.25, -0.2) is 0 Å². The fourth-order valence-corrected chi connectivity index (χ4v) is 1.78. The standard InChI is InChI=1S/C10H14N2/c1-2-7-12-10(5-1)9-4-3-6-11-8-9/h1-2,7-10H,3-6H2. The van der Waals surface area contributed by atoms with Gasteiger partial charge in [0.1, 0.15) is 0 Å². The molecular formula is C10H14N2. The quantitative estimate of drug-likeness (QED) is 0.562. The lowest BCUT2D eigenvalue weighted by Crippen LogP contribution is -2.23. The SMILES string of the molecule is C1=CCC(C2C=NCCC2)N=C1. The van der Waals surface area contributed by atoms with E-state index in [1.54, 1.807) is 0 Å². The van der Waals surface area contributed by atoms with Gasteiger partial charge in [-0.1, -0.05) is 6.08 Å². The van der Waals surface area contributed by atoms with Gasteiger partial charge in [0.05, 0.1) is 6.04 Å². The highest BCUT2D eigenvalue weighted by Gasteiger charge is 2.19. The minimum absolute atomic E-state index is 0.471. The van der Waals surface area contributed by atoms with Crippen molar-refractivity contribution in [2.24, 2.45) is 15.9 Å². The number of aliphatic imine (C=N–C) groups is 2. The third-order valence-electron chi connectivity index (χ3n) is 2.49. The van der Waals surface area contributed by atoms with Gasteiger partial charge in [-0.2, -0.15) is 0 Å². The summed E-state index contributed by atoms with van der Waals surface area (Å²) < 4.78 is 0. The second-order valence-corrected chi connectivity index (χ2v) is 3.39. The van der Waals surface area contributed by atoms with Crippen LogP contribution in [0.15, 0.2) is 22.1 Å². The molecule has 2 heteroatoms. The molecule has 0 fully saturated rings. The summed E-state index contributed by atoms with van der Waals surface area (Å²) in [6.45, 7) is 1.02. The Hall–Kier alpha value is -0.920. The predicted molar refractivity (Wildman–Crippen MR) is 52.1 cm³/mol. The summed E-state index contributed by atoms with van der Waals surface area (Å²) in [6, 6.07) is 0.471. The van der Waals surface area contributed by atoms with Crippen LogP contribution in [0, 0.1) is 5.92 Å². The van der Waals surface area contributed by atoms with Gasteiger partial charge in [-0.05, 0) is 25.3 Å². The van der Waals surface area contributed by atoms with Crippen molar-refractivity contribution >= 4 is 12.4 Å². The molecule has 0 aromatic rings. The van der Waals surface area contributed by atoms with Gasteiger partial charge < -0.3 is 0 Å². The van der Waals surface area contributed by atoms with Crippen LogP contribution in [0.2, 0.25) is 0 Å². The fourth-order valence-electron chi connectivity index (χ4n) is 1.78. The van der Waals surface area contributed by atoms with Crippen LogP contribution in [0.5, 0.6) is 0 Å². The smallest absolute Gasteiger partial charge is 0.0611 e. The highest BCUT2D eigenvalue weighted by atomic mass is 14.8. The van der Waals surface area contributed by atoms with Crippen LogP contribution < -0.4 is 0 Å². The molecule has 0 N–H and O–H groups in total. The molecule has 0 amide bonds. The lowest BCUT2D eigenvalue weighted by atomic mass is 9.91. The lowest BCUT2D eigenvalue weighted by molar-refractivity contribution is 0.481. The zero-order valence-electron chi connectivity index (χ0n) is 7.19. The van der Waals surface area contributed by atoms with Gasteiger partial charge in [-0.3, -0.25) is 9.98 Å². The van der Waals surface area contributed by atoms with E-state index < -0.39 is 0 Å². The Morgan fingerprint density at radius 1 is 1.33 bits per heavy atom. The molecule has 0 radical (unpaired) electrons. The molecule has 2 aliphatic rings. The normalized spacial score (nSPS) is 34.0. The Morgan fingerprint density at radius 2 is 2.33 bits per heavy atom. The molecule has 12 heavy (non-hydrogen) atoms. The minimum Gasteiger partial charge on any atom is -0.297 e. The van der Waals surface area contributed by atoms with Crippen molar-refractivity contribution in [1.29, 1.82) is 0 Å². The van der Waals surface area contributed by atoms with Crippen LogP contribution in [0.4, 0.5) is 0 Å². The Labute approximate surface area is 73.1 Å². The summed E-state index contributed by atoms with van der Waals surface area (Å²) >= 11 is 0. The average Bonchev–Trinajstić information content (AvgIpc) is 2.21. The van der Waals surface area contributed by atoms with Crippen molar-refractivity contribution in [2.75, 3.05) is 6.54 Å². The van der Waals surface area contributed by atoms with Crippen LogP contribution in [0.1, 0.15) is 19.3 Å². The molecule has 0 aromatic carbocycles. The van der Waals surface area contributed by atoms with Crippen molar-refractivity contribution < 1.29 is 0 Å². The Bertz CT molecular complexity index is 228. The Morgan fingerprint density at radius 3 is 3.00 bits per heavy atom. The fraction of sp³-hybridized carbons (Fsp3) is 0.600. The molecule has 0 aliphatic carbocycles. The molecule has 2 unspecified atom stereocenters. The zero-order valence-corrected chi connectivity index (χ0v) is 7.19. The minimum atomic E-state index is 0.471. The molecule has 0 spiro atoms. The molecule has 0 saturated carbocycles. The number of allylic oxidation sites excluding steroid dienone is 1. The molecule has 0 saturated heterocycles. The van der Waals surface area contributed by atoms with Crippen molar-refractivity contribution in [3.8, 4) is 0 Å². The number of dihydropyridines is 1. The monoisotopic (exact) mass is 162 g/mol. The maximum Gasteiger partial charge on any atom is 0.0611 e. The highest BCUT2D eigenvalue weighted by Crippen LogP contribution is 2.20. The number of hydrogen-bond acceptors (Lipinski definition) is 2. The van der Waals surface area contributed by atoms with Gasteiger partial charge in [0.2, 0.25) is 0 Å².